The van der Waals surface area contributed by atoms with E-state index >= 15 is 0 Å². The Morgan fingerprint density at radius 1 is 1.31 bits per heavy atom. The van der Waals surface area contributed by atoms with Crippen molar-refractivity contribution in [2.24, 2.45) is 18.0 Å². The first-order chi connectivity index (χ1) is 12.2. The van der Waals surface area contributed by atoms with Gasteiger partial charge in [-0.15, -0.1) is 24.0 Å². The second kappa shape index (κ2) is 9.89. The Balaban J connectivity index is 0.00000243. The van der Waals surface area contributed by atoms with E-state index in [9.17, 15) is 0 Å². The quantitative estimate of drug-likeness (QED) is 0.426. The molecule has 6 nitrogen and oxygen atoms in total. The van der Waals surface area contributed by atoms with Gasteiger partial charge in [0.2, 0.25) is 0 Å². The number of guanidine groups is 1. The molecule has 0 radical (unpaired) electrons. The van der Waals surface area contributed by atoms with Crippen LogP contribution in [0.5, 0.6) is 0 Å². The maximum absolute atomic E-state index is 4.48. The predicted octanol–water partition coefficient (Wildman–Crippen LogP) is 3.02. The molecule has 26 heavy (non-hydrogen) atoms. The summed E-state index contributed by atoms with van der Waals surface area (Å²) in [7, 11) is 3.76. The molecular formula is C19H29IN6. The van der Waals surface area contributed by atoms with Crippen LogP contribution in [0.25, 0.3) is 0 Å². The minimum absolute atomic E-state index is 0. The monoisotopic (exact) mass is 468 g/mol. The number of likely N-dealkylation sites (tertiary alicyclic amines) is 1. The van der Waals surface area contributed by atoms with Gasteiger partial charge in [-0.1, -0.05) is 43.7 Å². The fourth-order valence-corrected chi connectivity index (χ4v) is 3.75. The van der Waals surface area contributed by atoms with Crippen LogP contribution in [-0.4, -0.2) is 45.8 Å². The van der Waals surface area contributed by atoms with Crippen LogP contribution in [0.1, 0.15) is 37.1 Å². The van der Waals surface area contributed by atoms with E-state index in [1.54, 1.807) is 11.0 Å². The Labute approximate surface area is 173 Å². The van der Waals surface area contributed by atoms with Gasteiger partial charge in [-0.2, -0.15) is 5.10 Å². The molecule has 142 valence electrons. The molecule has 1 fully saturated rings. The van der Waals surface area contributed by atoms with Crippen LogP contribution in [0.2, 0.25) is 0 Å². The van der Waals surface area contributed by atoms with Crippen molar-refractivity contribution in [3.8, 4) is 0 Å². The Morgan fingerprint density at radius 3 is 2.69 bits per heavy atom. The third-order valence-electron chi connectivity index (χ3n) is 5.21. The van der Waals surface area contributed by atoms with Crippen molar-refractivity contribution < 1.29 is 0 Å². The summed E-state index contributed by atoms with van der Waals surface area (Å²) in [5.41, 5.74) is 1.47. The summed E-state index contributed by atoms with van der Waals surface area (Å²) >= 11 is 0. The Hall–Kier alpha value is -1.64. The molecule has 0 spiro atoms. The van der Waals surface area contributed by atoms with Gasteiger partial charge >= 0.3 is 0 Å². The molecule has 1 aliphatic heterocycles. The molecule has 2 heterocycles. The first kappa shape index (κ1) is 20.7. The number of aromatic nitrogens is 3. The van der Waals surface area contributed by atoms with Crippen LogP contribution in [0, 0.1) is 5.92 Å². The fourth-order valence-electron chi connectivity index (χ4n) is 3.75. The lowest BCUT2D eigenvalue weighted by Crippen LogP contribution is -2.48. The number of rotatable bonds is 4. The lowest BCUT2D eigenvalue weighted by molar-refractivity contribution is 0.215. The first-order valence-electron chi connectivity index (χ1n) is 9.06. The predicted molar refractivity (Wildman–Crippen MR) is 116 cm³/mol. The van der Waals surface area contributed by atoms with E-state index in [1.807, 2.05) is 14.1 Å². The normalized spacial score (nSPS) is 20.6. The van der Waals surface area contributed by atoms with Gasteiger partial charge in [0.05, 0.1) is 6.54 Å². The number of aryl methyl sites for hydroxylation is 1. The van der Waals surface area contributed by atoms with Gasteiger partial charge in [-0.05, 0) is 23.8 Å². The molecule has 1 aromatic heterocycles. The number of halogens is 1. The largest absolute Gasteiger partial charge is 0.349 e. The molecular weight excluding hydrogens is 439 g/mol. The van der Waals surface area contributed by atoms with Crippen molar-refractivity contribution in [2.75, 3.05) is 20.1 Å². The molecule has 0 saturated carbocycles. The van der Waals surface area contributed by atoms with Crippen LogP contribution in [0.15, 0.2) is 41.7 Å². The van der Waals surface area contributed by atoms with Gasteiger partial charge in [0, 0.05) is 27.2 Å². The zero-order valence-electron chi connectivity index (χ0n) is 15.8. The molecule has 2 atom stereocenters. The van der Waals surface area contributed by atoms with Gasteiger partial charge in [0.25, 0.3) is 0 Å². The maximum atomic E-state index is 4.48. The molecule has 1 saturated heterocycles. The van der Waals surface area contributed by atoms with E-state index in [-0.39, 0.29) is 24.0 Å². The average Bonchev–Trinajstić information content (AvgIpc) is 3.07. The summed E-state index contributed by atoms with van der Waals surface area (Å²) in [6.45, 7) is 4.99. The molecule has 0 amide bonds. The highest BCUT2D eigenvalue weighted by Crippen LogP contribution is 2.34. The number of nitrogens with one attached hydrogen (secondary N) is 1. The van der Waals surface area contributed by atoms with Gasteiger partial charge in [-0.25, -0.2) is 4.98 Å². The third kappa shape index (κ3) is 4.75. The van der Waals surface area contributed by atoms with Crippen LogP contribution in [0.3, 0.4) is 0 Å². The van der Waals surface area contributed by atoms with Crippen LogP contribution >= 0.6 is 24.0 Å². The zero-order chi connectivity index (χ0) is 17.6. The number of benzene rings is 1. The summed E-state index contributed by atoms with van der Waals surface area (Å²) in [5.74, 6) is 3.14. The average molecular weight is 468 g/mol. The summed E-state index contributed by atoms with van der Waals surface area (Å²) in [5, 5.41) is 7.55. The van der Waals surface area contributed by atoms with Crippen LogP contribution in [-0.2, 0) is 13.6 Å². The second-order valence-corrected chi connectivity index (χ2v) is 6.62. The molecule has 7 heteroatoms. The van der Waals surface area contributed by atoms with Gasteiger partial charge in [0.15, 0.2) is 5.96 Å². The van der Waals surface area contributed by atoms with E-state index in [2.05, 4.69) is 62.5 Å². The molecule has 1 N–H and O–H groups in total. The first-order valence-corrected chi connectivity index (χ1v) is 9.06. The van der Waals surface area contributed by atoms with E-state index in [0.717, 1.165) is 31.3 Å². The molecule has 1 aliphatic rings. The smallest absolute Gasteiger partial charge is 0.194 e. The van der Waals surface area contributed by atoms with Crippen molar-refractivity contribution in [3.63, 3.8) is 0 Å². The topological polar surface area (TPSA) is 58.3 Å². The second-order valence-electron chi connectivity index (χ2n) is 6.62. The fraction of sp³-hybridized carbons (Fsp3) is 0.526. The Bertz CT molecular complexity index is 699. The van der Waals surface area contributed by atoms with Crippen molar-refractivity contribution in [1.29, 1.82) is 0 Å². The lowest BCUT2D eigenvalue weighted by Gasteiger charge is -2.40. The van der Waals surface area contributed by atoms with Gasteiger partial charge in [0.1, 0.15) is 12.2 Å². The van der Waals surface area contributed by atoms with Crippen molar-refractivity contribution >= 4 is 29.9 Å². The van der Waals surface area contributed by atoms with Gasteiger partial charge < -0.3 is 10.2 Å². The summed E-state index contributed by atoms with van der Waals surface area (Å²) in [4.78, 5) is 11.1. The van der Waals surface area contributed by atoms with Gasteiger partial charge in [-0.3, -0.25) is 9.67 Å². The van der Waals surface area contributed by atoms with Crippen molar-refractivity contribution in [2.45, 2.75) is 32.2 Å². The summed E-state index contributed by atoms with van der Waals surface area (Å²) < 4.78 is 1.79. The summed E-state index contributed by atoms with van der Waals surface area (Å²) in [6, 6.07) is 10.9. The molecule has 2 aromatic rings. The highest BCUT2D eigenvalue weighted by atomic mass is 127. The highest BCUT2D eigenvalue weighted by molar-refractivity contribution is 14.0. The van der Waals surface area contributed by atoms with E-state index in [0.29, 0.717) is 18.4 Å². The Morgan fingerprint density at radius 2 is 2.08 bits per heavy atom. The van der Waals surface area contributed by atoms with Crippen LogP contribution in [0.4, 0.5) is 0 Å². The molecule has 1 aromatic carbocycles. The van der Waals surface area contributed by atoms with E-state index in [1.165, 1.54) is 12.0 Å². The highest BCUT2D eigenvalue weighted by Gasteiger charge is 2.30. The van der Waals surface area contributed by atoms with Crippen molar-refractivity contribution in [1.82, 2.24) is 25.0 Å². The number of hydrogen-bond acceptors (Lipinski definition) is 3. The van der Waals surface area contributed by atoms with Crippen LogP contribution < -0.4 is 5.32 Å². The summed E-state index contributed by atoms with van der Waals surface area (Å²) in [6.07, 6.45) is 3.92. The number of nitrogens with zero attached hydrogens (tertiary/aromatic N) is 5. The van der Waals surface area contributed by atoms with E-state index in [4.69, 9.17) is 0 Å². The molecule has 0 aliphatic carbocycles. The van der Waals surface area contributed by atoms with Crippen molar-refractivity contribution in [3.05, 3.63) is 48.0 Å². The minimum atomic E-state index is 0. The zero-order valence-corrected chi connectivity index (χ0v) is 18.1. The Kier molecular flexibility index (Phi) is 7.86. The third-order valence-corrected chi connectivity index (χ3v) is 5.21. The SMILES string of the molecule is CCC1CN(C(=NC)NCc2ncnn2C)CCC1c1ccccc1.I. The molecule has 3 rings (SSSR count). The molecule has 0 bridgehead atoms. The lowest BCUT2D eigenvalue weighted by atomic mass is 9.79. The maximum Gasteiger partial charge on any atom is 0.194 e. The standard InChI is InChI=1S/C19H28N6.HI/c1-4-15-13-25(11-10-17(15)16-8-6-5-7-9-16)19(20-2)21-12-18-22-14-23-24(18)3;/h5-9,14-15,17H,4,10-13H2,1-3H3,(H,20,21);1H. The number of aliphatic imine (C=N–C) groups is 1. The minimum Gasteiger partial charge on any atom is -0.349 e. The number of hydrogen-bond donors (Lipinski definition) is 1. The number of piperidine rings is 1. The molecule has 2 unspecified atom stereocenters. The van der Waals surface area contributed by atoms with E-state index < -0.39 is 0 Å².